The summed E-state index contributed by atoms with van der Waals surface area (Å²) in [7, 11) is 1.56. The summed E-state index contributed by atoms with van der Waals surface area (Å²) >= 11 is 0. The topological polar surface area (TPSA) is 109 Å². The highest BCUT2D eigenvalue weighted by Gasteiger charge is 2.13. The van der Waals surface area contributed by atoms with Gasteiger partial charge in [-0.05, 0) is 44.2 Å². The van der Waals surface area contributed by atoms with E-state index in [-0.39, 0.29) is 12.5 Å². The van der Waals surface area contributed by atoms with Gasteiger partial charge in [0.2, 0.25) is 5.91 Å². The number of carbonyl (C=O) groups excluding carboxylic acids is 3. The Hall–Kier alpha value is -2.87. The third kappa shape index (κ3) is 8.35. The molecular formula is C21H30N4O4. The van der Waals surface area contributed by atoms with Gasteiger partial charge in [-0.15, -0.1) is 0 Å². The van der Waals surface area contributed by atoms with Gasteiger partial charge in [-0.25, -0.2) is 4.79 Å². The maximum absolute atomic E-state index is 12.2. The van der Waals surface area contributed by atoms with Crippen LogP contribution in [0.1, 0.15) is 42.5 Å². The molecule has 0 spiro atoms. The number of allylic oxidation sites excluding steroid dienone is 1. The van der Waals surface area contributed by atoms with Crippen LogP contribution < -0.4 is 21.3 Å². The van der Waals surface area contributed by atoms with Crippen LogP contribution in [0.4, 0.5) is 10.5 Å². The summed E-state index contributed by atoms with van der Waals surface area (Å²) in [6.07, 6.45) is 7.68. The number of amides is 4. The van der Waals surface area contributed by atoms with Crippen molar-refractivity contribution in [2.75, 3.05) is 38.7 Å². The van der Waals surface area contributed by atoms with Crippen molar-refractivity contribution in [2.45, 2.75) is 32.1 Å². The number of hydrogen-bond donors (Lipinski definition) is 4. The van der Waals surface area contributed by atoms with Crippen LogP contribution in [0.2, 0.25) is 0 Å². The van der Waals surface area contributed by atoms with Crippen LogP contribution in [0.25, 0.3) is 0 Å². The maximum atomic E-state index is 12.2. The van der Waals surface area contributed by atoms with E-state index in [1.54, 1.807) is 31.4 Å². The van der Waals surface area contributed by atoms with Crippen molar-refractivity contribution in [3.8, 4) is 0 Å². The summed E-state index contributed by atoms with van der Waals surface area (Å²) < 4.78 is 4.91. The molecule has 8 heteroatoms. The molecule has 29 heavy (non-hydrogen) atoms. The van der Waals surface area contributed by atoms with E-state index < -0.39 is 11.9 Å². The summed E-state index contributed by atoms with van der Waals surface area (Å²) in [5.41, 5.74) is 2.30. The SMILES string of the molecule is COCCNC(=O)c1ccccc1NCC(=O)NC(=O)NCCC1=CCCCC1. The molecule has 0 aliphatic heterocycles. The van der Waals surface area contributed by atoms with Crippen molar-refractivity contribution in [3.63, 3.8) is 0 Å². The Morgan fingerprint density at radius 1 is 1.07 bits per heavy atom. The molecule has 0 unspecified atom stereocenters. The van der Waals surface area contributed by atoms with Gasteiger partial charge in [0, 0.05) is 25.9 Å². The van der Waals surface area contributed by atoms with Crippen LogP contribution in [-0.2, 0) is 9.53 Å². The predicted octanol–water partition coefficient (Wildman–Crippen LogP) is 2.19. The fourth-order valence-electron chi connectivity index (χ4n) is 3.06. The number of anilines is 1. The summed E-state index contributed by atoms with van der Waals surface area (Å²) in [5.74, 6) is -0.741. The highest BCUT2D eigenvalue weighted by Crippen LogP contribution is 2.19. The Balaban J connectivity index is 1.73. The zero-order chi connectivity index (χ0) is 20.9. The smallest absolute Gasteiger partial charge is 0.321 e. The molecule has 1 aromatic rings. The first-order valence-electron chi connectivity index (χ1n) is 9.95. The number of carbonyl (C=O) groups is 3. The average Bonchev–Trinajstić information content (AvgIpc) is 2.73. The average molecular weight is 402 g/mol. The Bertz CT molecular complexity index is 733. The predicted molar refractivity (Wildman–Crippen MR) is 112 cm³/mol. The molecule has 4 N–H and O–H groups in total. The standard InChI is InChI=1S/C21H30N4O4/c1-29-14-13-22-20(27)17-9-5-6-10-18(17)24-15-19(26)25-21(28)23-12-11-16-7-3-2-4-8-16/h5-7,9-10,24H,2-4,8,11-15H2,1H3,(H,22,27)(H2,23,25,26,28). The lowest BCUT2D eigenvalue weighted by atomic mass is 9.97. The van der Waals surface area contributed by atoms with E-state index in [0.717, 1.165) is 19.3 Å². The quantitative estimate of drug-likeness (QED) is 0.354. The van der Waals surface area contributed by atoms with E-state index in [2.05, 4.69) is 27.3 Å². The van der Waals surface area contributed by atoms with Crippen LogP contribution >= 0.6 is 0 Å². The van der Waals surface area contributed by atoms with Crippen molar-refractivity contribution in [2.24, 2.45) is 0 Å². The highest BCUT2D eigenvalue weighted by atomic mass is 16.5. The van der Waals surface area contributed by atoms with E-state index in [1.165, 1.54) is 18.4 Å². The molecule has 0 heterocycles. The molecule has 0 radical (unpaired) electrons. The van der Waals surface area contributed by atoms with Crippen molar-refractivity contribution >= 4 is 23.5 Å². The molecule has 1 aliphatic carbocycles. The fourth-order valence-corrected chi connectivity index (χ4v) is 3.06. The van der Waals surface area contributed by atoms with Crippen molar-refractivity contribution < 1.29 is 19.1 Å². The lowest BCUT2D eigenvalue weighted by Crippen LogP contribution is -2.42. The van der Waals surface area contributed by atoms with Crippen molar-refractivity contribution in [3.05, 3.63) is 41.5 Å². The van der Waals surface area contributed by atoms with Crippen LogP contribution in [0.3, 0.4) is 0 Å². The van der Waals surface area contributed by atoms with Gasteiger partial charge in [-0.2, -0.15) is 0 Å². The summed E-state index contributed by atoms with van der Waals surface area (Å²) in [6.45, 7) is 1.18. The zero-order valence-corrected chi connectivity index (χ0v) is 16.9. The number of imide groups is 1. The lowest BCUT2D eigenvalue weighted by Gasteiger charge is -2.14. The first kappa shape index (κ1) is 22.4. The Morgan fingerprint density at radius 2 is 1.90 bits per heavy atom. The molecule has 0 bridgehead atoms. The second-order valence-corrected chi connectivity index (χ2v) is 6.81. The molecule has 1 aromatic carbocycles. The second kappa shape index (κ2) is 12.6. The number of rotatable bonds is 10. The van der Waals surface area contributed by atoms with Crippen molar-refractivity contribution in [1.82, 2.24) is 16.0 Å². The van der Waals surface area contributed by atoms with E-state index in [9.17, 15) is 14.4 Å². The molecule has 0 aromatic heterocycles. The molecule has 2 rings (SSSR count). The summed E-state index contributed by atoms with van der Waals surface area (Å²) in [6, 6.07) is 6.36. The van der Waals surface area contributed by atoms with Gasteiger partial charge in [0.15, 0.2) is 0 Å². The molecule has 8 nitrogen and oxygen atoms in total. The molecule has 0 saturated heterocycles. The largest absolute Gasteiger partial charge is 0.383 e. The van der Waals surface area contributed by atoms with Gasteiger partial charge in [0.1, 0.15) is 0 Å². The first-order valence-corrected chi connectivity index (χ1v) is 9.95. The number of benzene rings is 1. The highest BCUT2D eigenvalue weighted by molar-refractivity contribution is 6.01. The zero-order valence-electron chi connectivity index (χ0n) is 16.9. The fraction of sp³-hybridized carbons (Fsp3) is 0.476. The molecule has 158 valence electrons. The molecular weight excluding hydrogens is 372 g/mol. The number of methoxy groups -OCH3 is 1. The first-order chi connectivity index (χ1) is 14.1. The van der Waals surface area contributed by atoms with E-state index in [1.807, 2.05) is 0 Å². The van der Waals surface area contributed by atoms with Crippen LogP contribution in [-0.4, -0.2) is 51.2 Å². The van der Waals surface area contributed by atoms with E-state index in [0.29, 0.717) is 30.9 Å². The maximum Gasteiger partial charge on any atom is 0.321 e. The Morgan fingerprint density at radius 3 is 2.66 bits per heavy atom. The monoisotopic (exact) mass is 402 g/mol. The van der Waals surface area contributed by atoms with E-state index >= 15 is 0 Å². The van der Waals surface area contributed by atoms with Gasteiger partial charge in [0.05, 0.1) is 18.7 Å². The van der Waals surface area contributed by atoms with Crippen LogP contribution in [0.15, 0.2) is 35.9 Å². The Labute approximate surface area is 171 Å². The van der Waals surface area contributed by atoms with Gasteiger partial charge < -0.3 is 20.7 Å². The minimum Gasteiger partial charge on any atom is -0.383 e. The normalized spacial score (nSPS) is 13.2. The molecule has 0 fully saturated rings. The van der Waals surface area contributed by atoms with Crippen molar-refractivity contribution in [1.29, 1.82) is 0 Å². The minimum absolute atomic E-state index is 0.124. The minimum atomic E-state index is -0.515. The van der Waals surface area contributed by atoms with E-state index in [4.69, 9.17) is 4.74 Å². The third-order valence-electron chi connectivity index (χ3n) is 4.57. The molecule has 0 saturated carbocycles. The Kier molecular flexibility index (Phi) is 9.71. The number of urea groups is 1. The number of hydrogen-bond acceptors (Lipinski definition) is 5. The van der Waals surface area contributed by atoms with Gasteiger partial charge in [0.25, 0.3) is 5.91 Å². The van der Waals surface area contributed by atoms with Gasteiger partial charge >= 0.3 is 6.03 Å². The van der Waals surface area contributed by atoms with Gasteiger partial charge in [-0.3, -0.25) is 14.9 Å². The molecule has 0 atom stereocenters. The summed E-state index contributed by atoms with van der Waals surface area (Å²) in [4.78, 5) is 36.1. The number of nitrogens with one attached hydrogen (secondary N) is 4. The molecule has 4 amide bonds. The third-order valence-corrected chi connectivity index (χ3v) is 4.57. The number of ether oxygens (including phenoxy) is 1. The number of para-hydroxylation sites is 1. The summed E-state index contributed by atoms with van der Waals surface area (Å²) in [5, 5.41) is 10.6. The lowest BCUT2D eigenvalue weighted by molar-refractivity contribution is -0.118. The van der Waals surface area contributed by atoms with Crippen LogP contribution in [0, 0.1) is 0 Å². The van der Waals surface area contributed by atoms with Gasteiger partial charge in [-0.1, -0.05) is 23.8 Å². The van der Waals surface area contributed by atoms with Crippen LogP contribution in [0.5, 0.6) is 0 Å². The second-order valence-electron chi connectivity index (χ2n) is 6.81. The molecule has 1 aliphatic rings.